The molecule has 0 aromatic carbocycles. The van der Waals surface area contributed by atoms with Gasteiger partial charge in [-0.15, -0.1) is 0 Å². The van der Waals surface area contributed by atoms with Gasteiger partial charge >= 0.3 is 42.0 Å². The minimum atomic E-state index is -0.604. The number of aliphatic hydroxyl groups excluding tert-OH is 3. The second kappa shape index (κ2) is 42.7. The minimum absolute atomic E-state index is 0.00667. The molecule has 11 unspecified atom stereocenters. The summed E-state index contributed by atoms with van der Waals surface area (Å²) >= 11 is 0. The first-order valence-electron chi connectivity index (χ1n) is 31.2. The Kier molecular flexibility index (Phi) is 39.8. The lowest BCUT2D eigenvalue weighted by Gasteiger charge is -2.49. The fraction of sp³-hybridized carbons (Fsp3) is 0.773. The predicted octanol–water partition coefficient (Wildman–Crippen LogP) is 8.47. The molecular formula is C66H110N4O21. The van der Waals surface area contributed by atoms with E-state index in [4.69, 9.17) is 53.2 Å². The summed E-state index contributed by atoms with van der Waals surface area (Å²) in [5, 5.41) is 31.1. The summed E-state index contributed by atoms with van der Waals surface area (Å²) in [5.41, 5.74) is -0.633. The zero-order valence-corrected chi connectivity index (χ0v) is 56.8. The number of ether oxygens (including phenoxy) is 9. The van der Waals surface area contributed by atoms with E-state index >= 15 is 0 Å². The van der Waals surface area contributed by atoms with Crippen LogP contribution in [0.4, 0.5) is 9.59 Å². The van der Waals surface area contributed by atoms with Gasteiger partial charge in [0.1, 0.15) is 45.7 Å². The highest BCUT2D eigenvalue weighted by Crippen LogP contribution is 2.52. The van der Waals surface area contributed by atoms with Crippen molar-refractivity contribution in [1.29, 1.82) is 0 Å². The van der Waals surface area contributed by atoms with Gasteiger partial charge in [-0.05, 0) is 137 Å². The summed E-state index contributed by atoms with van der Waals surface area (Å²) in [7, 11) is 0. The summed E-state index contributed by atoms with van der Waals surface area (Å²) < 4.78 is 46.4. The third kappa shape index (κ3) is 39.6. The SMILES string of the molecule is C=CC(=O)OCCO.C=CC(=O)OCCOC(=O)NC1CC(C)(C)CC(C)(CCC(=O)OCC(C)OCC(C)OC(=O)CC2CC(C)(C)CC(C)(C(C)NC(=O)OCCOC(=O)C=C)C2)C1.CC(O)COC(C)CO.CC1(C)CC(N=C=O)CC(C)(CN=C=O)C1. The first-order valence-corrected chi connectivity index (χ1v) is 31.2. The molecule has 3 aliphatic rings. The van der Waals surface area contributed by atoms with Crippen LogP contribution in [-0.2, 0) is 76.2 Å². The van der Waals surface area contributed by atoms with Crippen LogP contribution in [0, 0.1) is 38.4 Å². The molecule has 25 heteroatoms. The molecule has 0 bridgehead atoms. The number of carbonyl (C=O) groups excluding carboxylic acids is 9. The molecule has 5 N–H and O–H groups in total. The lowest BCUT2D eigenvalue weighted by atomic mass is 9.58. The lowest BCUT2D eigenvalue weighted by Crippen LogP contribution is -2.50. The molecule has 0 aromatic heterocycles. The Balaban J connectivity index is 0.00000196. The average molecular weight is 1300 g/mol. The molecule has 3 aliphatic carbocycles. The Morgan fingerprint density at radius 3 is 1.65 bits per heavy atom. The smallest absolute Gasteiger partial charge is 0.407 e. The quantitative estimate of drug-likeness (QED) is 0.0105. The summed E-state index contributed by atoms with van der Waals surface area (Å²) in [4.78, 5) is 111. The van der Waals surface area contributed by atoms with Gasteiger partial charge in [-0.3, -0.25) is 9.59 Å². The highest BCUT2D eigenvalue weighted by atomic mass is 16.6. The number of nitrogens with one attached hydrogen (secondary N) is 2. The van der Waals surface area contributed by atoms with Crippen LogP contribution in [0.3, 0.4) is 0 Å². The highest BCUT2D eigenvalue weighted by molar-refractivity contribution is 5.82. The largest absolute Gasteiger partial charge is 0.463 e. The highest BCUT2D eigenvalue weighted by Gasteiger charge is 2.46. The fourth-order valence-electron chi connectivity index (χ4n) is 12.6. The molecule has 0 saturated heterocycles. The maximum atomic E-state index is 13.1. The zero-order chi connectivity index (χ0) is 69.7. The molecule has 520 valence electrons. The average Bonchev–Trinajstić information content (AvgIpc) is 0.834. The van der Waals surface area contributed by atoms with Crippen molar-refractivity contribution in [2.24, 2.45) is 48.4 Å². The Labute approximate surface area is 539 Å². The fourth-order valence-corrected chi connectivity index (χ4v) is 12.6. The van der Waals surface area contributed by atoms with Crippen molar-refractivity contribution < 1.29 is 101 Å². The van der Waals surface area contributed by atoms with E-state index in [-0.39, 0.29) is 147 Å². The van der Waals surface area contributed by atoms with E-state index in [0.29, 0.717) is 32.4 Å². The molecule has 3 rings (SSSR count). The van der Waals surface area contributed by atoms with Crippen LogP contribution in [0.1, 0.15) is 174 Å². The first-order chi connectivity index (χ1) is 42.3. The van der Waals surface area contributed by atoms with Crippen molar-refractivity contribution in [3.8, 4) is 0 Å². The number of isocyanates is 2. The molecule has 11 atom stereocenters. The first kappa shape index (κ1) is 84.7. The van der Waals surface area contributed by atoms with Gasteiger partial charge in [0.25, 0.3) is 0 Å². The third-order valence-electron chi connectivity index (χ3n) is 15.5. The molecule has 3 fully saturated rings. The maximum Gasteiger partial charge on any atom is 0.407 e. The van der Waals surface area contributed by atoms with Crippen molar-refractivity contribution in [2.45, 2.75) is 217 Å². The van der Waals surface area contributed by atoms with Crippen molar-refractivity contribution in [2.75, 3.05) is 72.6 Å². The Hall–Kier alpha value is -6.33. The van der Waals surface area contributed by atoms with Crippen molar-refractivity contribution in [3.05, 3.63) is 38.0 Å². The second-order valence-corrected chi connectivity index (χ2v) is 27.5. The van der Waals surface area contributed by atoms with Gasteiger partial charge in [-0.25, -0.2) is 43.5 Å². The van der Waals surface area contributed by atoms with E-state index in [1.807, 2.05) is 6.92 Å². The third-order valence-corrected chi connectivity index (χ3v) is 15.5. The van der Waals surface area contributed by atoms with Crippen LogP contribution < -0.4 is 10.6 Å². The van der Waals surface area contributed by atoms with Gasteiger partial charge in [0.15, 0.2) is 0 Å². The molecule has 3 saturated carbocycles. The standard InChI is InChI=1S/C43H70N2O13.C12H18N2O2.C6H14O3.C5H8O3/c1-12-34(46)52-16-18-54-38(50)44-31(5)43(11)22-32(21-40(6,7)28-43)20-37(49)58-30(4)26-56-29(3)25-57-36(48)14-15-42(10)24-33(23-41(8,9)27-42)45-39(51)55-19-17-53-35(47)13-2;1-11(2)4-10(14-9-16)5-12(3,6-11)7-13-8-15;1-5(8)4-9-6(2)3-7;1-2-5(7)8-4-3-6/h12-13,29-33H,1-2,14-28H2,3-11H3,(H,44,50)(H,45,51);10H,4-7H2,1-3H3;5-8H,3-4H2,1-2H3;2,6H,1,3-4H2. The van der Waals surface area contributed by atoms with E-state index in [1.54, 1.807) is 39.9 Å². The monoisotopic (exact) mass is 1290 g/mol. The molecule has 0 aliphatic heterocycles. The maximum absolute atomic E-state index is 13.1. The summed E-state index contributed by atoms with van der Waals surface area (Å²) in [6.45, 7) is 38.5. The van der Waals surface area contributed by atoms with Gasteiger partial charge in [0.05, 0.1) is 57.3 Å². The Morgan fingerprint density at radius 2 is 1.11 bits per heavy atom. The van der Waals surface area contributed by atoms with Crippen LogP contribution in [-0.4, -0.2) is 185 Å². The van der Waals surface area contributed by atoms with Crippen LogP contribution in [0.15, 0.2) is 47.9 Å². The number of hydrogen-bond acceptors (Lipinski definition) is 23. The zero-order valence-electron chi connectivity index (χ0n) is 56.8. The van der Waals surface area contributed by atoms with Crippen LogP contribution >= 0.6 is 0 Å². The summed E-state index contributed by atoms with van der Waals surface area (Å²) in [5.74, 6) is -2.30. The number of alkyl carbamates (subject to hydrolysis) is 2. The van der Waals surface area contributed by atoms with E-state index in [0.717, 1.165) is 63.2 Å². The number of hydrogen-bond donors (Lipinski definition) is 5. The van der Waals surface area contributed by atoms with E-state index < -0.39 is 48.4 Å². The molecule has 0 aromatic rings. The molecule has 25 nitrogen and oxygen atoms in total. The normalized spacial score (nSPS) is 24.0. The van der Waals surface area contributed by atoms with Crippen LogP contribution in [0.5, 0.6) is 0 Å². The van der Waals surface area contributed by atoms with Crippen molar-refractivity contribution in [1.82, 2.24) is 10.6 Å². The molecule has 2 amide bonds. The minimum Gasteiger partial charge on any atom is -0.463 e. The van der Waals surface area contributed by atoms with Gasteiger partial charge < -0.3 is 68.6 Å². The number of nitrogens with zero attached hydrogens (tertiary/aromatic N) is 2. The van der Waals surface area contributed by atoms with Gasteiger partial charge in [-0.2, -0.15) is 0 Å². The van der Waals surface area contributed by atoms with E-state index in [1.165, 1.54) is 0 Å². The lowest BCUT2D eigenvalue weighted by molar-refractivity contribution is -0.156. The van der Waals surface area contributed by atoms with Crippen LogP contribution in [0.25, 0.3) is 0 Å². The van der Waals surface area contributed by atoms with Gasteiger partial charge in [-0.1, -0.05) is 82.1 Å². The molecule has 0 radical (unpaired) electrons. The topological polar surface area (TPSA) is 346 Å². The molecular weight excluding hydrogens is 1180 g/mol. The number of aliphatic hydroxyl groups is 3. The number of esters is 5. The molecule has 91 heavy (non-hydrogen) atoms. The van der Waals surface area contributed by atoms with E-state index in [9.17, 15) is 43.2 Å². The number of aliphatic imine (C=N–C) groups is 2. The van der Waals surface area contributed by atoms with Gasteiger partial charge in [0, 0.05) is 43.2 Å². The molecule has 0 spiro atoms. The predicted molar refractivity (Wildman–Crippen MR) is 338 cm³/mol. The number of rotatable bonds is 32. The number of amides is 2. The second-order valence-electron chi connectivity index (χ2n) is 27.5. The summed E-state index contributed by atoms with van der Waals surface area (Å²) in [6, 6.07) is -0.388. The number of carbonyl (C=O) groups is 7. The van der Waals surface area contributed by atoms with Gasteiger partial charge in [0.2, 0.25) is 12.2 Å². The van der Waals surface area contributed by atoms with Crippen molar-refractivity contribution >= 4 is 54.2 Å². The Morgan fingerprint density at radius 1 is 0.582 bits per heavy atom. The van der Waals surface area contributed by atoms with E-state index in [2.05, 4.69) is 107 Å². The summed E-state index contributed by atoms with van der Waals surface area (Å²) in [6.07, 6.45) is 12.0. The Bertz CT molecular complexity index is 2390. The molecule has 0 heterocycles. The van der Waals surface area contributed by atoms with Crippen LogP contribution in [0.2, 0.25) is 0 Å². The van der Waals surface area contributed by atoms with Crippen molar-refractivity contribution in [3.63, 3.8) is 0 Å².